The first-order valence-corrected chi connectivity index (χ1v) is 6.25. The van der Waals surface area contributed by atoms with Crippen molar-refractivity contribution >= 4 is 11.0 Å². The second-order valence-electron chi connectivity index (χ2n) is 5.01. The largest absolute Gasteiger partial charge is 0.307 e. The van der Waals surface area contributed by atoms with Crippen LogP contribution in [0.25, 0.3) is 11.0 Å². The molecule has 90 valence electrons. The summed E-state index contributed by atoms with van der Waals surface area (Å²) in [6.07, 6.45) is 4.88. The first kappa shape index (κ1) is 10.6. The molecule has 3 rings (SSSR count). The first-order valence-electron chi connectivity index (χ1n) is 6.25. The van der Waals surface area contributed by atoms with Crippen molar-refractivity contribution in [2.45, 2.75) is 45.6 Å². The Morgan fingerprint density at radius 1 is 1.35 bits per heavy atom. The summed E-state index contributed by atoms with van der Waals surface area (Å²) in [7, 11) is 0. The van der Waals surface area contributed by atoms with Crippen LogP contribution in [0.3, 0.4) is 0 Å². The van der Waals surface area contributed by atoms with E-state index in [0.717, 1.165) is 22.3 Å². The molecule has 0 aliphatic heterocycles. The van der Waals surface area contributed by atoms with Crippen LogP contribution in [0, 0.1) is 13.8 Å². The van der Waals surface area contributed by atoms with E-state index in [0.29, 0.717) is 6.04 Å². The van der Waals surface area contributed by atoms with Gasteiger partial charge in [-0.15, -0.1) is 0 Å². The Balaban J connectivity index is 2.28. The number of pyridine rings is 1. The maximum atomic E-state index is 11.6. The van der Waals surface area contributed by atoms with Gasteiger partial charge in [-0.3, -0.25) is 4.79 Å². The van der Waals surface area contributed by atoms with Crippen LogP contribution in [0.4, 0.5) is 0 Å². The molecule has 1 aliphatic rings. The Labute approximate surface area is 99.7 Å². The summed E-state index contributed by atoms with van der Waals surface area (Å²) in [5.74, 6) is 0. The lowest BCUT2D eigenvalue weighted by atomic mass is 10.1. The van der Waals surface area contributed by atoms with Gasteiger partial charge in [0.25, 0.3) is 0 Å². The molecule has 0 unspecified atom stereocenters. The van der Waals surface area contributed by atoms with E-state index in [4.69, 9.17) is 0 Å². The number of hydrogen-bond donors (Lipinski definition) is 1. The quantitative estimate of drug-likeness (QED) is 0.819. The van der Waals surface area contributed by atoms with Crippen LogP contribution in [0.2, 0.25) is 0 Å². The molecule has 2 aromatic heterocycles. The van der Waals surface area contributed by atoms with Crippen LogP contribution in [0.15, 0.2) is 10.9 Å². The number of nitrogens with one attached hydrogen (secondary N) is 1. The lowest BCUT2D eigenvalue weighted by Gasteiger charge is -2.10. The third kappa shape index (κ3) is 1.59. The lowest BCUT2D eigenvalue weighted by molar-refractivity contribution is 0.476. The average Bonchev–Trinajstić information content (AvgIpc) is 2.85. The summed E-state index contributed by atoms with van der Waals surface area (Å²) in [6.45, 7) is 3.99. The highest BCUT2D eigenvalue weighted by molar-refractivity contribution is 5.81. The number of aromatic amines is 1. The Bertz CT molecular complexity index is 617. The minimum atomic E-state index is -0.0332. The molecule has 1 N–H and O–H groups in total. The van der Waals surface area contributed by atoms with Gasteiger partial charge in [0, 0.05) is 11.5 Å². The van der Waals surface area contributed by atoms with Crippen LogP contribution in [0.5, 0.6) is 0 Å². The lowest BCUT2D eigenvalue weighted by Crippen LogP contribution is -2.11. The summed E-state index contributed by atoms with van der Waals surface area (Å²) in [6, 6.07) is 2.11. The fourth-order valence-electron chi connectivity index (χ4n) is 2.97. The van der Waals surface area contributed by atoms with E-state index >= 15 is 0 Å². The van der Waals surface area contributed by atoms with Gasteiger partial charge in [0.15, 0.2) is 0 Å². The molecule has 0 saturated heterocycles. The van der Waals surface area contributed by atoms with E-state index in [1.54, 1.807) is 6.07 Å². The molecule has 0 aromatic carbocycles. The highest BCUT2D eigenvalue weighted by Crippen LogP contribution is 2.32. The highest BCUT2D eigenvalue weighted by atomic mass is 16.1. The van der Waals surface area contributed by atoms with Crippen LogP contribution in [-0.2, 0) is 0 Å². The minimum absolute atomic E-state index is 0.0332. The van der Waals surface area contributed by atoms with E-state index in [2.05, 4.69) is 10.1 Å². The van der Waals surface area contributed by atoms with E-state index < -0.39 is 0 Å². The molecule has 4 heteroatoms. The van der Waals surface area contributed by atoms with Gasteiger partial charge in [0.1, 0.15) is 5.65 Å². The summed E-state index contributed by atoms with van der Waals surface area (Å²) in [5, 5.41) is 5.73. The van der Waals surface area contributed by atoms with Gasteiger partial charge >= 0.3 is 0 Å². The average molecular weight is 231 g/mol. The molecule has 0 radical (unpaired) electrons. The molecule has 0 amide bonds. The van der Waals surface area contributed by atoms with E-state index in [-0.39, 0.29) is 5.56 Å². The smallest absolute Gasteiger partial charge is 0.249 e. The van der Waals surface area contributed by atoms with Crippen molar-refractivity contribution in [3.05, 3.63) is 27.7 Å². The SMILES string of the molecule is Cc1cc(=O)[nH]c2c1c(C)nn2C1CCCC1. The predicted molar refractivity (Wildman–Crippen MR) is 67.3 cm³/mol. The Morgan fingerprint density at radius 3 is 2.76 bits per heavy atom. The standard InChI is InChI=1S/C13H17N3O/c1-8-7-11(17)14-13-12(8)9(2)15-16(13)10-5-3-4-6-10/h7,10H,3-6H2,1-2H3,(H,14,17). The molecule has 17 heavy (non-hydrogen) atoms. The van der Waals surface area contributed by atoms with Crippen LogP contribution in [-0.4, -0.2) is 14.8 Å². The number of fused-ring (bicyclic) bond motifs is 1. The van der Waals surface area contributed by atoms with Gasteiger partial charge < -0.3 is 4.98 Å². The van der Waals surface area contributed by atoms with Gasteiger partial charge in [0.05, 0.1) is 11.7 Å². The van der Waals surface area contributed by atoms with E-state index in [1.165, 1.54) is 25.7 Å². The molecular weight excluding hydrogens is 214 g/mol. The molecule has 1 fully saturated rings. The molecule has 2 aromatic rings. The zero-order valence-corrected chi connectivity index (χ0v) is 10.3. The van der Waals surface area contributed by atoms with Gasteiger partial charge in [-0.05, 0) is 32.3 Å². The third-order valence-corrected chi connectivity index (χ3v) is 3.74. The molecule has 1 saturated carbocycles. The summed E-state index contributed by atoms with van der Waals surface area (Å²) >= 11 is 0. The number of aromatic nitrogens is 3. The molecule has 4 nitrogen and oxygen atoms in total. The molecular formula is C13H17N3O. The maximum absolute atomic E-state index is 11.6. The summed E-state index contributed by atoms with van der Waals surface area (Å²) in [4.78, 5) is 14.5. The Kier molecular flexibility index (Phi) is 2.31. The van der Waals surface area contributed by atoms with E-state index in [9.17, 15) is 4.79 Å². The second-order valence-corrected chi connectivity index (χ2v) is 5.01. The second kappa shape index (κ2) is 3.72. The molecule has 0 atom stereocenters. The van der Waals surface area contributed by atoms with Gasteiger partial charge in [-0.25, -0.2) is 4.68 Å². The third-order valence-electron chi connectivity index (χ3n) is 3.74. The van der Waals surface area contributed by atoms with Crippen molar-refractivity contribution in [2.24, 2.45) is 0 Å². The van der Waals surface area contributed by atoms with Crippen molar-refractivity contribution in [1.29, 1.82) is 0 Å². The number of rotatable bonds is 1. The number of nitrogens with zero attached hydrogens (tertiary/aromatic N) is 2. The first-order chi connectivity index (χ1) is 8.16. The number of hydrogen-bond acceptors (Lipinski definition) is 2. The Morgan fingerprint density at radius 2 is 2.06 bits per heavy atom. The Hall–Kier alpha value is -1.58. The minimum Gasteiger partial charge on any atom is -0.307 e. The highest BCUT2D eigenvalue weighted by Gasteiger charge is 2.21. The monoisotopic (exact) mass is 231 g/mol. The van der Waals surface area contributed by atoms with Crippen LogP contribution in [0.1, 0.15) is 43.0 Å². The normalized spacial score (nSPS) is 17.1. The van der Waals surface area contributed by atoms with Crippen molar-refractivity contribution in [3.8, 4) is 0 Å². The maximum Gasteiger partial charge on any atom is 0.249 e. The molecule has 1 aliphatic carbocycles. The van der Waals surface area contributed by atoms with Crippen molar-refractivity contribution in [1.82, 2.24) is 14.8 Å². The zero-order valence-electron chi connectivity index (χ0n) is 10.3. The van der Waals surface area contributed by atoms with Crippen LogP contribution >= 0.6 is 0 Å². The molecule has 0 spiro atoms. The topological polar surface area (TPSA) is 50.7 Å². The molecule has 0 bridgehead atoms. The van der Waals surface area contributed by atoms with Crippen molar-refractivity contribution in [3.63, 3.8) is 0 Å². The predicted octanol–water partition coefficient (Wildman–Crippen LogP) is 2.46. The fraction of sp³-hybridized carbons (Fsp3) is 0.538. The number of H-pyrrole nitrogens is 1. The van der Waals surface area contributed by atoms with Crippen molar-refractivity contribution in [2.75, 3.05) is 0 Å². The zero-order chi connectivity index (χ0) is 12.0. The summed E-state index contributed by atoms with van der Waals surface area (Å²) < 4.78 is 2.03. The number of aryl methyl sites for hydroxylation is 2. The van der Waals surface area contributed by atoms with Crippen molar-refractivity contribution < 1.29 is 0 Å². The van der Waals surface area contributed by atoms with Gasteiger partial charge in [0.2, 0.25) is 5.56 Å². The van der Waals surface area contributed by atoms with Gasteiger partial charge in [-0.1, -0.05) is 12.8 Å². The fourth-order valence-corrected chi connectivity index (χ4v) is 2.97. The summed E-state index contributed by atoms with van der Waals surface area (Å²) in [5.41, 5.74) is 2.90. The van der Waals surface area contributed by atoms with E-state index in [1.807, 2.05) is 18.5 Å². The van der Waals surface area contributed by atoms with Crippen LogP contribution < -0.4 is 5.56 Å². The van der Waals surface area contributed by atoms with Gasteiger partial charge in [-0.2, -0.15) is 5.10 Å². The molecule has 2 heterocycles.